The minimum absolute atomic E-state index is 0.185. The first-order chi connectivity index (χ1) is 17.9. The van der Waals surface area contributed by atoms with E-state index in [1.165, 1.54) is 6.92 Å². The highest BCUT2D eigenvalue weighted by Gasteiger charge is 2.89. The number of carbonyl (C=O) groups excluding carboxylic acids is 1. The molecule has 0 spiro atoms. The molecule has 0 aliphatic carbocycles. The lowest BCUT2D eigenvalue weighted by Crippen LogP contribution is -2.70. The van der Waals surface area contributed by atoms with E-state index in [2.05, 4.69) is 11.3 Å². The van der Waals surface area contributed by atoms with E-state index >= 15 is 0 Å². The van der Waals surface area contributed by atoms with Gasteiger partial charge in [0.1, 0.15) is 0 Å². The van der Waals surface area contributed by atoms with Crippen LogP contribution in [0.2, 0.25) is 0 Å². The van der Waals surface area contributed by atoms with Crippen LogP contribution in [-0.4, -0.2) is 71.5 Å². The summed E-state index contributed by atoms with van der Waals surface area (Å²) in [5.41, 5.74) is -1.67. The van der Waals surface area contributed by atoms with Crippen LogP contribution in [0.4, 0.5) is 52.7 Å². The van der Waals surface area contributed by atoms with Crippen LogP contribution >= 0.6 is 0 Å². The van der Waals surface area contributed by atoms with Gasteiger partial charge in [0.15, 0.2) is 0 Å². The number of unbranched alkanes of at least 4 members (excludes halogenated alkanes) is 4. The van der Waals surface area contributed by atoms with Crippen LogP contribution < -0.4 is 0 Å². The molecule has 2 N–H and O–H groups in total. The maximum absolute atomic E-state index is 14.0. The van der Waals surface area contributed by atoms with Crippen molar-refractivity contribution in [3.05, 3.63) is 12.2 Å². The molecule has 16 heteroatoms. The molecule has 0 radical (unpaired) electrons. The van der Waals surface area contributed by atoms with E-state index in [0.717, 1.165) is 0 Å². The summed E-state index contributed by atoms with van der Waals surface area (Å²) >= 11 is 0. The molecule has 0 rings (SSSR count). The summed E-state index contributed by atoms with van der Waals surface area (Å²) < 4.78 is 172. The van der Waals surface area contributed by atoms with E-state index in [4.69, 9.17) is 10.2 Å². The average Bonchev–Trinajstić information content (AvgIpc) is 2.85. The standard InChI is InChI=1S/C24H34F12O4/c1-4-5-6-7-8-10-19(25,26)21(29,30)23(33,34)24(35,36)22(31,32)20(27,28)11-9-12-40-17(39)16(2)13-18(3,14-37)15-38/h37-38H,2,4-15H2,1,3H3. The molecule has 0 amide bonds. The third-order valence-electron chi connectivity index (χ3n) is 6.26. The molecule has 0 aromatic rings. The number of rotatable bonds is 20. The Labute approximate surface area is 223 Å². The van der Waals surface area contributed by atoms with Crippen LogP contribution in [0.5, 0.6) is 0 Å². The molecule has 0 aliphatic heterocycles. The summed E-state index contributed by atoms with van der Waals surface area (Å²) in [6, 6.07) is 0. The van der Waals surface area contributed by atoms with Crippen LogP contribution in [0.25, 0.3) is 0 Å². The Hall–Kier alpha value is -1.71. The molecule has 0 aliphatic rings. The monoisotopic (exact) mass is 614 g/mol. The molecule has 0 bridgehead atoms. The highest BCUT2D eigenvalue weighted by molar-refractivity contribution is 5.87. The second-order valence-electron chi connectivity index (χ2n) is 10.0. The van der Waals surface area contributed by atoms with Crippen LogP contribution in [0.1, 0.15) is 71.6 Å². The summed E-state index contributed by atoms with van der Waals surface area (Å²) in [6.07, 6.45) is -6.00. The maximum Gasteiger partial charge on any atom is 0.384 e. The molecule has 40 heavy (non-hydrogen) atoms. The van der Waals surface area contributed by atoms with Crippen molar-refractivity contribution >= 4 is 5.97 Å². The van der Waals surface area contributed by atoms with Crippen molar-refractivity contribution in [2.24, 2.45) is 5.41 Å². The van der Waals surface area contributed by atoms with Crippen molar-refractivity contribution < 1.29 is 72.4 Å². The molecule has 0 unspecified atom stereocenters. The quantitative estimate of drug-likeness (QED) is 0.0649. The Balaban J connectivity index is 5.51. The predicted molar refractivity (Wildman–Crippen MR) is 119 cm³/mol. The summed E-state index contributed by atoms with van der Waals surface area (Å²) in [7, 11) is 0. The minimum atomic E-state index is -7.64. The number of hydrogen-bond donors (Lipinski definition) is 2. The Morgan fingerprint density at radius 3 is 1.48 bits per heavy atom. The number of ether oxygens (including phenoxy) is 1. The van der Waals surface area contributed by atoms with Gasteiger partial charge in [-0.2, -0.15) is 52.7 Å². The molecular weight excluding hydrogens is 580 g/mol. The number of aliphatic hydroxyl groups excluding tert-OH is 2. The van der Waals surface area contributed by atoms with Gasteiger partial charge in [-0.05, 0) is 19.3 Å². The van der Waals surface area contributed by atoms with Gasteiger partial charge in [-0.25, -0.2) is 4.79 Å². The summed E-state index contributed by atoms with van der Waals surface area (Å²) in [5, 5.41) is 18.3. The van der Waals surface area contributed by atoms with Crippen LogP contribution in [0.15, 0.2) is 12.2 Å². The van der Waals surface area contributed by atoms with Gasteiger partial charge < -0.3 is 14.9 Å². The van der Waals surface area contributed by atoms with Gasteiger partial charge in [0, 0.05) is 23.8 Å². The smallest absolute Gasteiger partial charge is 0.384 e. The molecule has 0 saturated heterocycles. The lowest BCUT2D eigenvalue weighted by molar-refractivity contribution is -0.425. The zero-order valence-electron chi connectivity index (χ0n) is 21.9. The van der Waals surface area contributed by atoms with Gasteiger partial charge in [0.05, 0.1) is 19.8 Å². The zero-order valence-corrected chi connectivity index (χ0v) is 21.9. The Kier molecular flexibility index (Phi) is 13.4. The van der Waals surface area contributed by atoms with Gasteiger partial charge >= 0.3 is 41.5 Å². The number of aliphatic hydroxyl groups is 2. The fraction of sp³-hybridized carbons (Fsp3) is 0.875. The fourth-order valence-electron chi connectivity index (χ4n) is 3.43. The topological polar surface area (TPSA) is 66.8 Å². The van der Waals surface area contributed by atoms with Gasteiger partial charge in [-0.3, -0.25) is 0 Å². The number of carbonyl (C=O) groups is 1. The molecule has 4 nitrogen and oxygen atoms in total. The van der Waals surface area contributed by atoms with Crippen LogP contribution in [-0.2, 0) is 9.53 Å². The summed E-state index contributed by atoms with van der Waals surface area (Å²) in [4.78, 5) is 11.8. The van der Waals surface area contributed by atoms with E-state index < -0.39 is 98.0 Å². The molecule has 238 valence electrons. The molecule has 0 aromatic carbocycles. The maximum atomic E-state index is 14.0. The minimum Gasteiger partial charge on any atom is -0.462 e. The first-order valence-corrected chi connectivity index (χ1v) is 12.3. The van der Waals surface area contributed by atoms with E-state index in [-0.39, 0.29) is 19.3 Å². The van der Waals surface area contributed by atoms with Crippen molar-refractivity contribution in [1.29, 1.82) is 0 Å². The lowest BCUT2D eigenvalue weighted by atomic mass is 9.85. The van der Waals surface area contributed by atoms with E-state index in [9.17, 15) is 57.5 Å². The number of halogens is 12. The average molecular weight is 615 g/mol. The van der Waals surface area contributed by atoms with Crippen molar-refractivity contribution in [2.45, 2.75) is 107 Å². The molecule has 0 atom stereocenters. The second-order valence-corrected chi connectivity index (χ2v) is 10.0. The highest BCUT2D eigenvalue weighted by Crippen LogP contribution is 2.61. The van der Waals surface area contributed by atoms with Crippen molar-refractivity contribution in [3.63, 3.8) is 0 Å². The summed E-state index contributed by atoms with van der Waals surface area (Å²) in [6.45, 7) is 3.84. The summed E-state index contributed by atoms with van der Waals surface area (Å²) in [5.74, 6) is -43.0. The number of esters is 1. The molecular formula is C24H34F12O4. The van der Waals surface area contributed by atoms with Gasteiger partial charge in [0.25, 0.3) is 0 Å². The molecule has 0 fully saturated rings. The largest absolute Gasteiger partial charge is 0.462 e. The van der Waals surface area contributed by atoms with Gasteiger partial charge in [-0.1, -0.05) is 46.1 Å². The van der Waals surface area contributed by atoms with Crippen LogP contribution in [0, 0.1) is 5.41 Å². The Morgan fingerprint density at radius 2 is 1.07 bits per heavy atom. The van der Waals surface area contributed by atoms with Crippen molar-refractivity contribution in [3.8, 4) is 0 Å². The normalized spacial score (nSPS) is 14.4. The highest BCUT2D eigenvalue weighted by atomic mass is 19.4. The fourth-order valence-corrected chi connectivity index (χ4v) is 3.43. The Bertz CT molecular complexity index is 827. The lowest BCUT2D eigenvalue weighted by Gasteiger charge is -2.41. The van der Waals surface area contributed by atoms with Crippen molar-refractivity contribution in [2.75, 3.05) is 19.8 Å². The first kappa shape index (κ1) is 38.3. The zero-order chi connectivity index (χ0) is 31.8. The van der Waals surface area contributed by atoms with Crippen LogP contribution in [0.3, 0.4) is 0 Å². The number of hydrogen-bond acceptors (Lipinski definition) is 4. The second kappa shape index (κ2) is 14.0. The first-order valence-electron chi connectivity index (χ1n) is 12.3. The van der Waals surface area contributed by atoms with E-state index in [1.807, 2.05) is 0 Å². The predicted octanol–water partition coefficient (Wildman–Crippen LogP) is 7.42. The van der Waals surface area contributed by atoms with Gasteiger partial charge in [0.2, 0.25) is 0 Å². The molecule has 0 heterocycles. The third-order valence-corrected chi connectivity index (χ3v) is 6.26. The van der Waals surface area contributed by atoms with Gasteiger partial charge in [-0.15, -0.1) is 0 Å². The number of alkyl halides is 12. The Morgan fingerprint density at radius 1 is 0.675 bits per heavy atom. The van der Waals surface area contributed by atoms with E-state index in [1.54, 1.807) is 6.92 Å². The molecule has 0 aromatic heterocycles. The van der Waals surface area contributed by atoms with Crippen molar-refractivity contribution in [1.82, 2.24) is 0 Å². The SMILES string of the molecule is C=C(CC(C)(CO)CO)C(=O)OCCCC(F)(F)C(F)(F)C(F)(F)C(F)(F)C(F)(F)C(F)(F)CCCCCCC. The molecule has 0 saturated carbocycles. The third kappa shape index (κ3) is 8.19. The van der Waals surface area contributed by atoms with E-state index in [0.29, 0.717) is 12.8 Å².